The van der Waals surface area contributed by atoms with Gasteiger partial charge in [0.2, 0.25) is 0 Å². The van der Waals surface area contributed by atoms with Crippen molar-refractivity contribution in [3.05, 3.63) is 36.0 Å². The van der Waals surface area contributed by atoms with E-state index in [1.807, 2.05) is 30.8 Å². The average molecular weight is 381 g/mol. The number of thioether (sulfide) groups is 1. The summed E-state index contributed by atoms with van der Waals surface area (Å²) < 4.78 is 7.48. The zero-order valence-electron chi connectivity index (χ0n) is 13.0. The molecule has 2 aromatic heterocycles. The summed E-state index contributed by atoms with van der Waals surface area (Å²) in [6.45, 7) is 2.46. The molecule has 0 saturated heterocycles. The van der Waals surface area contributed by atoms with Gasteiger partial charge in [0.05, 0.1) is 5.75 Å². The smallest absolute Gasteiger partial charge is 0.286 e. The summed E-state index contributed by atoms with van der Waals surface area (Å²) in [6.07, 6.45) is 4.39. The molecule has 23 heavy (non-hydrogen) atoms. The quantitative estimate of drug-likeness (QED) is 0.720. The van der Waals surface area contributed by atoms with Gasteiger partial charge in [-0.2, -0.15) is 0 Å². The molecule has 2 heterocycles. The van der Waals surface area contributed by atoms with Crippen LogP contribution in [0.4, 0.5) is 0 Å². The molecule has 0 aromatic carbocycles. The lowest BCUT2D eigenvalue weighted by atomic mass is 10.2. The number of furan rings is 1. The number of nitrogens with two attached hydrogens (primary N) is 1. The number of imidazole rings is 1. The van der Waals surface area contributed by atoms with E-state index in [1.54, 1.807) is 24.0 Å². The molecule has 0 aliphatic heterocycles. The molecule has 0 radical (unpaired) electrons. The zero-order chi connectivity index (χ0) is 15.2. The number of nitrogens with zero attached hydrogens (tertiary/aromatic N) is 2. The fourth-order valence-electron chi connectivity index (χ4n) is 1.70. The first-order valence-corrected chi connectivity index (χ1v) is 7.77. The van der Waals surface area contributed by atoms with Crippen LogP contribution < -0.4 is 11.1 Å². The summed E-state index contributed by atoms with van der Waals surface area (Å²) in [7, 11) is 1.94. The minimum absolute atomic E-state index is 0. The van der Waals surface area contributed by atoms with Crippen molar-refractivity contribution in [1.29, 1.82) is 0 Å². The van der Waals surface area contributed by atoms with Gasteiger partial charge in [0.25, 0.3) is 5.91 Å². The van der Waals surface area contributed by atoms with E-state index in [9.17, 15) is 4.79 Å². The first kappa shape index (κ1) is 21.9. The van der Waals surface area contributed by atoms with E-state index in [1.165, 1.54) is 0 Å². The normalized spacial score (nSPS) is 11.3. The van der Waals surface area contributed by atoms with Crippen LogP contribution in [-0.2, 0) is 12.8 Å². The number of halogens is 2. The van der Waals surface area contributed by atoms with Gasteiger partial charge in [-0.1, -0.05) is 11.8 Å². The number of hydrogen-bond acceptors (Lipinski definition) is 5. The topological polar surface area (TPSA) is 86.1 Å². The molecule has 0 aliphatic carbocycles. The van der Waals surface area contributed by atoms with Crippen LogP contribution in [0.25, 0.3) is 0 Å². The maximum absolute atomic E-state index is 11.9. The van der Waals surface area contributed by atoms with Gasteiger partial charge in [-0.25, -0.2) is 4.98 Å². The van der Waals surface area contributed by atoms with E-state index in [0.717, 1.165) is 17.3 Å². The van der Waals surface area contributed by atoms with Gasteiger partial charge in [-0.05, 0) is 25.5 Å². The van der Waals surface area contributed by atoms with Gasteiger partial charge in [0.1, 0.15) is 5.76 Å². The minimum atomic E-state index is -0.205. The summed E-state index contributed by atoms with van der Waals surface area (Å²) in [5.74, 6) is 1.51. The molecule has 0 aliphatic rings. The molecule has 2 aromatic rings. The van der Waals surface area contributed by atoms with Gasteiger partial charge < -0.3 is 20.0 Å². The van der Waals surface area contributed by atoms with Crippen molar-refractivity contribution in [1.82, 2.24) is 14.9 Å². The lowest BCUT2D eigenvalue weighted by Gasteiger charge is -2.05. The molecule has 0 spiro atoms. The van der Waals surface area contributed by atoms with E-state index >= 15 is 0 Å². The van der Waals surface area contributed by atoms with Crippen LogP contribution in [0.5, 0.6) is 0 Å². The van der Waals surface area contributed by atoms with Crippen molar-refractivity contribution in [3.63, 3.8) is 0 Å². The number of nitrogens with one attached hydrogen (secondary N) is 1. The van der Waals surface area contributed by atoms with E-state index in [-0.39, 0.29) is 36.8 Å². The van der Waals surface area contributed by atoms with Crippen LogP contribution in [0.15, 0.2) is 34.1 Å². The molecule has 1 atom stereocenters. The first-order chi connectivity index (χ1) is 10.1. The summed E-state index contributed by atoms with van der Waals surface area (Å²) in [5, 5.41) is 3.70. The van der Waals surface area contributed by atoms with Crippen molar-refractivity contribution < 1.29 is 9.21 Å². The van der Waals surface area contributed by atoms with Crippen LogP contribution in [0.1, 0.15) is 29.7 Å². The largest absolute Gasteiger partial charge is 0.455 e. The Kier molecular flexibility index (Phi) is 10.1. The van der Waals surface area contributed by atoms with E-state index < -0.39 is 0 Å². The van der Waals surface area contributed by atoms with Crippen molar-refractivity contribution in [2.75, 3.05) is 6.54 Å². The number of rotatable bonds is 7. The predicted octanol–water partition coefficient (Wildman–Crippen LogP) is 2.62. The Morgan fingerprint density at radius 1 is 1.48 bits per heavy atom. The minimum Gasteiger partial charge on any atom is -0.455 e. The van der Waals surface area contributed by atoms with E-state index in [4.69, 9.17) is 10.2 Å². The highest BCUT2D eigenvalue weighted by atomic mass is 35.5. The molecular weight excluding hydrogens is 359 g/mol. The Hall–Kier alpha value is -1.15. The number of hydrogen-bond donors (Lipinski definition) is 2. The summed E-state index contributed by atoms with van der Waals surface area (Å²) >= 11 is 1.56. The Balaban J connectivity index is 0.00000242. The average Bonchev–Trinajstić information content (AvgIpc) is 3.05. The second-order valence-electron chi connectivity index (χ2n) is 4.90. The van der Waals surface area contributed by atoms with Crippen LogP contribution in [0, 0.1) is 0 Å². The van der Waals surface area contributed by atoms with Crippen LogP contribution in [0.2, 0.25) is 0 Å². The number of amides is 1. The summed E-state index contributed by atoms with van der Waals surface area (Å²) in [4.78, 5) is 16.1. The third kappa shape index (κ3) is 6.87. The SMILES string of the molecule is CC(N)CCNC(=O)c1ccc(CSc2nccn2C)o1.Cl.Cl. The predicted molar refractivity (Wildman–Crippen MR) is 96.6 cm³/mol. The molecule has 0 saturated carbocycles. The van der Waals surface area contributed by atoms with Crippen molar-refractivity contribution in [2.24, 2.45) is 12.8 Å². The number of carbonyl (C=O) groups excluding carboxylic acids is 1. The first-order valence-electron chi connectivity index (χ1n) is 6.79. The van der Waals surface area contributed by atoms with Crippen molar-refractivity contribution in [3.8, 4) is 0 Å². The Bertz CT molecular complexity index is 601. The highest BCUT2D eigenvalue weighted by Gasteiger charge is 2.11. The molecule has 130 valence electrons. The van der Waals surface area contributed by atoms with Crippen LogP contribution >= 0.6 is 36.6 Å². The number of aromatic nitrogens is 2. The van der Waals surface area contributed by atoms with Crippen LogP contribution in [0.3, 0.4) is 0 Å². The van der Waals surface area contributed by atoms with Gasteiger partial charge >= 0.3 is 0 Å². The molecule has 2 rings (SSSR count). The molecule has 1 amide bonds. The number of carbonyl (C=O) groups is 1. The third-order valence-electron chi connectivity index (χ3n) is 2.89. The summed E-state index contributed by atoms with van der Waals surface area (Å²) in [5.41, 5.74) is 5.63. The van der Waals surface area contributed by atoms with Gasteiger partial charge in [0, 0.05) is 32.0 Å². The fourth-order valence-corrected chi connectivity index (χ4v) is 2.53. The Morgan fingerprint density at radius 2 is 2.22 bits per heavy atom. The molecule has 6 nitrogen and oxygen atoms in total. The van der Waals surface area contributed by atoms with E-state index in [0.29, 0.717) is 18.1 Å². The molecular formula is C14H22Cl2N4O2S. The molecule has 0 bridgehead atoms. The maximum Gasteiger partial charge on any atom is 0.286 e. The van der Waals surface area contributed by atoms with E-state index in [2.05, 4.69) is 10.3 Å². The van der Waals surface area contributed by atoms with Gasteiger partial charge in [0.15, 0.2) is 10.9 Å². The molecule has 1 unspecified atom stereocenters. The Morgan fingerprint density at radius 3 is 2.83 bits per heavy atom. The highest BCUT2D eigenvalue weighted by molar-refractivity contribution is 7.98. The maximum atomic E-state index is 11.9. The Labute approximate surface area is 152 Å². The second kappa shape index (κ2) is 10.6. The second-order valence-corrected chi connectivity index (χ2v) is 5.84. The monoisotopic (exact) mass is 380 g/mol. The third-order valence-corrected chi connectivity index (χ3v) is 3.97. The zero-order valence-corrected chi connectivity index (χ0v) is 15.5. The lowest BCUT2D eigenvalue weighted by molar-refractivity contribution is 0.0923. The molecule has 0 fully saturated rings. The van der Waals surface area contributed by atoms with Gasteiger partial charge in [-0.3, -0.25) is 4.79 Å². The fraction of sp³-hybridized carbons (Fsp3) is 0.429. The van der Waals surface area contributed by atoms with Crippen molar-refractivity contribution in [2.45, 2.75) is 30.3 Å². The molecule has 3 N–H and O–H groups in total. The van der Waals surface area contributed by atoms with Crippen LogP contribution in [-0.4, -0.2) is 28.0 Å². The number of aryl methyl sites for hydroxylation is 1. The lowest BCUT2D eigenvalue weighted by Crippen LogP contribution is -2.28. The molecule has 9 heteroatoms. The van der Waals surface area contributed by atoms with Gasteiger partial charge in [-0.15, -0.1) is 24.8 Å². The highest BCUT2D eigenvalue weighted by Crippen LogP contribution is 2.21. The van der Waals surface area contributed by atoms with Crippen molar-refractivity contribution >= 4 is 42.5 Å². The standard InChI is InChI=1S/C14H20N4O2S.2ClH/c1-10(15)5-6-16-13(19)12-4-3-11(20-12)9-21-14-17-7-8-18(14)2;;/h3-4,7-8,10H,5-6,9,15H2,1-2H3,(H,16,19);2*1H. The summed E-state index contributed by atoms with van der Waals surface area (Å²) in [6, 6.07) is 3.58.